The third-order valence-electron chi connectivity index (χ3n) is 2.43. The molecular formula is C14H31NO2. The summed E-state index contributed by atoms with van der Waals surface area (Å²) < 4.78 is 0. The highest BCUT2D eigenvalue weighted by Gasteiger charge is 2.34. The lowest BCUT2D eigenvalue weighted by molar-refractivity contribution is 0.0169. The maximum Gasteiger partial charge on any atom is 0.0609 e. The van der Waals surface area contributed by atoms with E-state index in [1.807, 2.05) is 27.7 Å². The molecule has 0 radical (unpaired) electrons. The molecule has 3 N–H and O–H groups in total. The molecule has 0 fully saturated rings. The van der Waals surface area contributed by atoms with E-state index in [4.69, 9.17) is 0 Å². The number of hydrogen-bond donors (Lipinski definition) is 3. The first-order chi connectivity index (χ1) is 7.12. The van der Waals surface area contributed by atoms with Gasteiger partial charge in [-0.25, -0.2) is 0 Å². The van der Waals surface area contributed by atoms with Gasteiger partial charge in [-0.1, -0.05) is 0 Å². The summed E-state index contributed by atoms with van der Waals surface area (Å²) in [7, 11) is 0. The van der Waals surface area contributed by atoms with Crippen molar-refractivity contribution in [2.24, 2.45) is 0 Å². The van der Waals surface area contributed by atoms with Crippen molar-refractivity contribution in [1.29, 1.82) is 0 Å². The summed E-state index contributed by atoms with van der Waals surface area (Å²) in [6.07, 6.45) is 1.32. The number of nitrogens with one attached hydrogen (secondary N) is 1. The van der Waals surface area contributed by atoms with Gasteiger partial charge in [0.15, 0.2) is 0 Å². The summed E-state index contributed by atoms with van der Waals surface area (Å²) >= 11 is 0. The van der Waals surface area contributed by atoms with Gasteiger partial charge in [0.05, 0.1) is 11.2 Å². The summed E-state index contributed by atoms with van der Waals surface area (Å²) in [4.78, 5) is 0. The minimum atomic E-state index is -0.693. The molecule has 17 heavy (non-hydrogen) atoms. The molecule has 0 saturated heterocycles. The van der Waals surface area contributed by atoms with Crippen LogP contribution >= 0.6 is 0 Å². The van der Waals surface area contributed by atoms with E-state index in [0.29, 0.717) is 12.8 Å². The molecule has 0 aliphatic rings. The second kappa shape index (κ2) is 4.87. The van der Waals surface area contributed by atoms with Crippen LogP contribution in [0.1, 0.15) is 68.2 Å². The summed E-state index contributed by atoms with van der Waals surface area (Å²) in [5, 5.41) is 23.3. The molecule has 0 atom stereocenters. The molecule has 104 valence electrons. The van der Waals surface area contributed by atoms with Gasteiger partial charge < -0.3 is 15.5 Å². The molecule has 0 heterocycles. The highest BCUT2D eigenvalue weighted by atomic mass is 16.3. The Morgan fingerprint density at radius 2 is 0.882 bits per heavy atom. The third kappa shape index (κ3) is 9.57. The van der Waals surface area contributed by atoms with Gasteiger partial charge in [0.1, 0.15) is 0 Å². The average Bonchev–Trinajstić information content (AvgIpc) is 1.65. The van der Waals surface area contributed by atoms with Crippen LogP contribution in [-0.2, 0) is 0 Å². The SMILES string of the molecule is CC(C)(O)CC(C)(C)NC(C)(C)CC(C)(C)O. The molecule has 0 rings (SSSR count). The Labute approximate surface area is 107 Å². The zero-order valence-electron chi connectivity index (χ0n) is 12.8. The van der Waals surface area contributed by atoms with Crippen LogP contribution in [-0.4, -0.2) is 32.5 Å². The first-order valence-corrected chi connectivity index (χ1v) is 6.36. The number of hydrogen-bond acceptors (Lipinski definition) is 3. The number of aliphatic hydroxyl groups is 2. The molecule has 0 spiro atoms. The van der Waals surface area contributed by atoms with E-state index in [9.17, 15) is 10.2 Å². The second-order valence-corrected chi connectivity index (χ2v) is 7.87. The van der Waals surface area contributed by atoms with E-state index < -0.39 is 11.2 Å². The topological polar surface area (TPSA) is 52.5 Å². The predicted octanol–water partition coefficient (Wildman–Crippen LogP) is 2.46. The first-order valence-electron chi connectivity index (χ1n) is 6.36. The highest BCUT2D eigenvalue weighted by Crippen LogP contribution is 2.26. The zero-order chi connectivity index (χ0) is 14.1. The van der Waals surface area contributed by atoms with Crippen LogP contribution in [0.3, 0.4) is 0 Å². The second-order valence-electron chi connectivity index (χ2n) is 7.87. The van der Waals surface area contributed by atoms with Crippen molar-refractivity contribution in [3.63, 3.8) is 0 Å². The summed E-state index contributed by atoms with van der Waals surface area (Å²) in [6.45, 7) is 15.6. The van der Waals surface area contributed by atoms with Crippen LogP contribution in [0.15, 0.2) is 0 Å². The third-order valence-corrected chi connectivity index (χ3v) is 2.43. The van der Waals surface area contributed by atoms with Crippen LogP contribution in [0, 0.1) is 0 Å². The van der Waals surface area contributed by atoms with Crippen molar-refractivity contribution in [2.75, 3.05) is 0 Å². The molecule has 0 aliphatic heterocycles. The molecular weight excluding hydrogens is 214 g/mol. The first kappa shape index (κ1) is 16.9. The normalized spacial score (nSPS) is 15.2. The summed E-state index contributed by atoms with van der Waals surface area (Å²) in [6, 6.07) is 0. The maximum atomic E-state index is 9.89. The molecule has 0 aromatic rings. The smallest absolute Gasteiger partial charge is 0.0609 e. The van der Waals surface area contributed by atoms with Crippen molar-refractivity contribution < 1.29 is 10.2 Å². The highest BCUT2D eigenvalue weighted by molar-refractivity contribution is 4.94. The van der Waals surface area contributed by atoms with Crippen LogP contribution in [0.25, 0.3) is 0 Å². The number of rotatable bonds is 6. The zero-order valence-corrected chi connectivity index (χ0v) is 12.8. The Bertz CT molecular complexity index is 218. The van der Waals surface area contributed by atoms with E-state index in [1.54, 1.807) is 0 Å². The summed E-state index contributed by atoms with van der Waals surface area (Å²) in [5.74, 6) is 0. The predicted molar refractivity (Wildman–Crippen MR) is 73.1 cm³/mol. The minimum absolute atomic E-state index is 0.174. The van der Waals surface area contributed by atoms with Crippen molar-refractivity contribution in [3.05, 3.63) is 0 Å². The molecule has 0 aromatic heterocycles. The minimum Gasteiger partial charge on any atom is -0.390 e. The lowest BCUT2D eigenvalue weighted by Crippen LogP contribution is -2.56. The maximum absolute atomic E-state index is 9.89. The molecule has 0 aliphatic carbocycles. The quantitative estimate of drug-likeness (QED) is 0.674. The Morgan fingerprint density at radius 1 is 0.647 bits per heavy atom. The van der Waals surface area contributed by atoms with E-state index in [-0.39, 0.29) is 11.1 Å². The molecule has 3 nitrogen and oxygen atoms in total. The Balaban J connectivity index is 4.59. The van der Waals surface area contributed by atoms with Gasteiger partial charge in [0.25, 0.3) is 0 Å². The molecule has 0 amide bonds. The van der Waals surface area contributed by atoms with Crippen molar-refractivity contribution >= 4 is 0 Å². The molecule has 0 saturated carbocycles. The van der Waals surface area contributed by atoms with Crippen molar-refractivity contribution in [1.82, 2.24) is 5.32 Å². The van der Waals surface area contributed by atoms with Gasteiger partial charge in [-0.3, -0.25) is 0 Å². The average molecular weight is 245 g/mol. The summed E-state index contributed by atoms with van der Waals surface area (Å²) in [5.41, 5.74) is -1.73. The molecule has 3 heteroatoms. The Hall–Kier alpha value is -0.120. The van der Waals surface area contributed by atoms with Gasteiger partial charge in [0, 0.05) is 11.1 Å². The van der Waals surface area contributed by atoms with E-state index in [1.165, 1.54) is 0 Å². The standard InChI is InChI=1S/C14H31NO2/c1-11(2,9-13(5,6)16)15-12(3,4)10-14(7,8)17/h15-17H,9-10H2,1-8H3. The monoisotopic (exact) mass is 245 g/mol. The van der Waals surface area contributed by atoms with Gasteiger partial charge in [-0.05, 0) is 68.2 Å². The fraction of sp³-hybridized carbons (Fsp3) is 1.00. The largest absolute Gasteiger partial charge is 0.390 e. The van der Waals surface area contributed by atoms with Crippen molar-refractivity contribution in [2.45, 2.75) is 90.5 Å². The lowest BCUT2D eigenvalue weighted by Gasteiger charge is -2.42. The van der Waals surface area contributed by atoms with Gasteiger partial charge in [-0.15, -0.1) is 0 Å². The van der Waals surface area contributed by atoms with Gasteiger partial charge in [-0.2, -0.15) is 0 Å². The molecule has 0 bridgehead atoms. The van der Waals surface area contributed by atoms with E-state index in [2.05, 4.69) is 33.0 Å². The molecule has 0 aromatic carbocycles. The van der Waals surface area contributed by atoms with E-state index in [0.717, 1.165) is 0 Å². The van der Waals surface area contributed by atoms with Gasteiger partial charge in [0.2, 0.25) is 0 Å². The van der Waals surface area contributed by atoms with Gasteiger partial charge >= 0.3 is 0 Å². The lowest BCUT2D eigenvalue weighted by atomic mass is 9.83. The fourth-order valence-electron chi connectivity index (χ4n) is 3.17. The Morgan fingerprint density at radius 3 is 1.06 bits per heavy atom. The van der Waals surface area contributed by atoms with Crippen LogP contribution in [0.2, 0.25) is 0 Å². The Kier molecular flexibility index (Phi) is 4.83. The molecule has 0 unspecified atom stereocenters. The van der Waals surface area contributed by atoms with E-state index >= 15 is 0 Å². The van der Waals surface area contributed by atoms with Crippen LogP contribution in [0.4, 0.5) is 0 Å². The fourth-order valence-corrected chi connectivity index (χ4v) is 3.17. The van der Waals surface area contributed by atoms with Crippen molar-refractivity contribution in [3.8, 4) is 0 Å². The van der Waals surface area contributed by atoms with Crippen LogP contribution in [0.5, 0.6) is 0 Å². The van der Waals surface area contributed by atoms with Crippen LogP contribution < -0.4 is 5.32 Å².